The molecule has 2 N–H and O–H groups in total. The first-order valence-electron chi connectivity index (χ1n) is 8.27. The maximum atomic E-state index is 12.1. The lowest BCUT2D eigenvalue weighted by Gasteiger charge is -2.23. The molecule has 0 saturated carbocycles. The molecule has 0 aliphatic rings. The van der Waals surface area contributed by atoms with Gasteiger partial charge in [0.15, 0.2) is 0 Å². The Hall–Kier alpha value is -1.95. The van der Waals surface area contributed by atoms with E-state index in [2.05, 4.69) is 4.72 Å². The number of rotatable bonds is 8. The molecular formula is C20H25NO3S. The van der Waals surface area contributed by atoms with Crippen molar-refractivity contribution in [3.05, 3.63) is 76.7 Å². The van der Waals surface area contributed by atoms with Crippen LogP contribution in [-0.2, 0) is 16.4 Å². The van der Waals surface area contributed by atoms with Crippen LogP contribution in [0.4, 0.5) is 0 Å². The molecule has 1 unspecified atom stereocenters. The van der Waals surface area contributed by atoms with Crippen molar-refractivity contribution < 1.29 is 13.5 Å². The Morgan fingerprint density at radius 2 is 1.72 bits per heavy atom. The summed E-state index contributed by atoms with van der Waals surface area (Å²) in [5, 5.41) is 11.5. The number of hydrogen-bond acceptors (Lipinski definition) is 3. The first-order valence-corrected chi connectivity index (χ1v) is 9.81. The second-order valence-electron chi connectivity index (χ2n) is 6.56. The molecule has 1 atom stereocenters. The van der Waals surface area contributed by atoms with E-state index in [0.717, 1.165) is 22.1 Å². The molecule has 4 nitrogen and oxygen atoms in total. The maximum absolute atomic E-state index is 12.1. The Balaban J connectivity index is 1.88. The van der Waals surface area contributed by atoms with Crippen LogP contribution in [0, 0.1) is 6.92 Å². The fourth-order valence-corrected chi connectivity index (χ4v) is 3.24. The van der Waals surface area contributed by atoms with Gasteiger partial charge >= 0.3 is 0 Å². The van der Waals surface area contributed by atoms with Gasteiger partial charge < -0.3 is 5.11 Å². The van der Waals surface area contributed by atoms with E-state index in [-0.39, 0.29) is 6.54 Å². The van der Waals surface area contributed by atoms with E-state index in [9.17, 15) is 13.5 Å². The Morgan fingerprint density at radius 1 is 1.08 bits per heavy atom. The highest BCUT2D eigenvalue weighted by atomic mass is 32.2. The highest BCUT2D eigenvalue weighted by Gasteiger charge is 2.22. The van der Waals surface area contributed by atoms with Crippen molar-refractivity contribution in [3.8, 4) is 0 Å². The molecule has 0 amide bonds. The molecule has 0 heterocycles. The van der Waals surface area contributed by atoms with Crippen LogP contribution in [0.5, 0.6) is 0 Å². The number of benzene rings is 2. The molecule has 0 aliphatic carbocycles. The molecule has 2 aromatic rings. The molecule has 134 valence electrons. The smallest absolute Gasteiger partial charge is 0.233 e. The van der Waals surface area contributed by atoms with Crippen LogP contribution >= 0.6 is 0 Å². The van der Waals surface area contributed by atoms with Gasteiger partial charge in [0.05, 0.1) is 5.60 Å². The third-order valence-corrected chi connectivity index (χ3v) is 5.01. The van der Waals surface area contributed by atoms with Crippen molar-refractivity contribution in [1.29, 1.82) is 0 Å². The first-order chi connectivity index (χ1) is 11.8. The fraction of sp³-hybridized carbons (Fsp3) is 0.300. The van der Waals surface area contributed by atoms with Gasteiger partial charge in [0, 0.05) is 12.0 Å². The predicted molar refractivity (Wildman–Crippen MR) is 103 cm³/mol. The summed E-state index contributed by atoms with van der Waals surface area (Å²) >= 11 is 0. The lowest BCUT2D eigenvalue weighted by Crippen LogP contribution is -2.40. The standard InChI is InChI=1S/C20H25NO3S/c1-17-8-10-19(11-9-17)13-15-25(23,24)21-16-20(2,22)14-12-18-6-4-3-5-7-18/h3-11,13,15,21-22H,12,14,16H2,1-2H3. The summed E-state index contributed by atoms with van der Waals surface area (Å²) < 4.78 is 26.6. The van der Waals surface area contributed by atoms with Crippen molar-refractivity contribution in [2.24, 2.45) is 0 Å². The lowest BCUT2D eigenvalue weighted by atomic mass is 9.97. The normalized spacial score (nSPS) is 14.5. The Kier molecular flexibility index (Phi) is 6.53. The summed E-state index contributed by atoms with van der Waals surface area (Å²) in [4.78, 5) is 0. The van der Waals surface area contributed by atoms with Crippen LogP contribution in [0.3, 0.4) is 0 Å². The summed E-state index contributed by atoms with van der Waals surface area (Å²) in [6, 6.07) is 17.4. The third-order valence-electron chi connectivity index (χ3n) is 3.97. The predicted octanol–water partition coefficient (Wildman–Crippen LogP) is 3.27. The molecule has 0 spiro atoms. The molecule has 0 bridgehead atoms. The van der Waals surface area contributed by atoms with Crippen LogP contribution in [0.15, 0.2) is 60.0 Å². The zero-order valence-electron chi connectivity index (χ0n) is 14.6. The van der Waals surface area contributed by atoms with Crippen molar-refractivity contribution in [2.45, 2.75) is 32.3 Å². The van der Waals surface area contributed by atoms with Crippen molar-refractivity contribution >= 4 is 16.1 Å². The van der Waals surface area contributed by atoms with Crippen molar-refractivity contribution in [2.75, 3.05) is 6.54 Å². The second-order valence-corrected chi connectivity index (χ2v) is 8.21. The lowest BCUT2D eigenvalue weighted by molar-refractivity contribution is 0.0566. The monoisotopic (exact) mass is 359 g/mol. The minimum atomic E-state index is -3.60. The maximum Gasteiger partial charge on any atom is 0.233 e. The summed E-state index contributed by atoms with van der Waals surface area (Å²) in [6.45, 7) is 3.59. The molecule has 0 saturated heterocycles. The van der Waals surface area contributed by atoms with Gasteiger partial charge in [-0.3, -0.25) is 0 Å². The van der Waals surface area contributed by atoms with Crippen LogP contribution in [0.1, 0.15) is 30.0 Å². The Morgan fingerprint density at radius 3 is 2.36 bits per heavy atom. The minimum Gasteiger partial charge on any atom is -0.389 e. The third kappa shape index (κ3) is 7.22. The summed E-state index contributed by atoms with van der Waals surface area (Å²) in [7, 11) is -3.60. The van der Waals surface area contributed by atoms with Crippen LogP contribution in [0.2, 0.25) is 0 Å². The van der Waals surface area contributed by atoms with Crippen LogP contribution in [-0.4, -0.2) is 25.7 Å². The highest BCUT2D eigenvalue weighted by Crippen LogP contribution is 2.14. The van der Waals surface area contributed by atoms with Crippen LogP contribution in [0.25, 0.3) is 6.08 Å². The minimum absolute atomic E-state index is 0.0274. The summed E-state index contributed by atoms with van der Waals surface area (Å²) in [6.07, 6.45) is 2.70. The van der Waals surface area contributed by atoms with Gasteiger partial charge in [0.2, 0.25) is 10.0 Å². The number of nitrogens with one attached hydrogen (secondary N) is 1. The molecule has 5 heteroatoms. The summed E-state index contributed by atoms with van der Waals surface area (Å²) in [5.41, 5.74) is 1.94. The Labute approximate surface area is 150 Å². The molecule has 0 aromatic heterocycles. The average Bonchev–Trinajstić information content (AvgIpc) is 2.59. The molecular weight excluding hydrogens is 334 g/mol. The SMILES string of the molecule is Cc1ccc(C=CS(=O)(=O)NCC(C)(O)CCc2ccccc2)cc1. The van der Waals surface area contributed by atoms with Gasteiger partial charge in [0.1, 0.15) is 0 Å². The average molecular weight is 359 g/mol. The van der Waals surface area contributed by atoms with E-state index in [1.54, 1.807) is 13.0 Å². The van der Waals surface area contributed by atoms with Gasteiger partial charge in [-0.05, 0) is 43.9 Å². The fourth-order valence-electron chi connectivity index (χ4n) is 2.30. The number of hydrogen-bond donors (Lipinski definition) is 2. The molecule has 25 heavy (non-hydrogen) atoms. The highest BCUT2D eigenvalue weighted by molar-refractivity contribution is 7.92. The molecule has 2 rings (SSSR count). The topological polar surface area (TPSA) is 66.4 Å². The molecule has 2 aromatic carbocycles. The van der Waals surface area contributed by atoms with E-state index >= 15 is 0 Å². The van der Waals surface area contributed by atoms with Crippen LogP contribution < -0.4 is 4.72 Å². The van der Waals surface area contributed by atoms with Crippen molar-refractivity contribution in [1.82, 2.24) is 4.72 Å². The van der Waals surface area contributed by atoms with E-state index < -0.39 is 15.6 Å². The van der Waals surface area contributed by atoms with E-state index in [0.29, 0.717) is 12.8 Å². The van der Waals surface area contributed by atoms with Gasteiger partial charge in [-0.1, -0.05) is 60.2 Å². The Bertz CT molecular complexity index is 795. The summed E-state index contributed by atoms with van der Waals surface area (Å²) in [5.74, 6) is 0. The number of sulfonamides is 1. The zero-order valence-corrected chi connectivity index (χ0v) is 15.5. The largest absolute Gasteiger partial charge is 0.389 e. The molecule has 0 fully saturated rings. The zero-order chi connectivity index (χ0) is 18.3. The quantitative estimate of drug-likeness (QED) is 0.760. The number of aryl methyl sites for hydroxylation is 2. The number of aliphatic hydroxyl groups is 1. The molecule has 0 radical (unpaired) electrons. The van der Waals surface area contributed by atoms with Gasteiger partial charge in [0.25, 0.3) is 0 Å². The van der Waals surface area contributed by atoms with E-state index in [1.807, 2.05) is 61.5 Å². The van der Waals surface area contributed by atoms with E-state index in [4.69, 9.17) is 0 Å². The second kappa shape index (κ2) is 8.43. The van der Waals surface area contributed by atoms with E-state index in [1.165, 1.54) is 0 Å². The van der Waals surface area contributed by atoms with Crippen molar-refractivity contribution in [3.63, 3.8) is 0 Å². The molecule has 0 aliphatic heterocycles. The first kappa shape index (κ1) is 19.4. The van der Waals surface area contributed by atoms with Gasteiger partial charge in [-0.25, -0.2) is 13.1 Å². The van der Waals surface area contributed by atoms with Gasteiger partial charge in [-0.2, -0.15) is 0 Å². The van der Waals surface area contributed by atoms with Gasteiger partial charge in [-0.15, -0.1) is 0 Å².